The van der Waals surface area contributed by atoms with Crippen LogP contribution < -0.4 is 10.1 Å². The molecule has 1 heterocycles. The van der Waals surface area contributed by atoms with Crippen LogP contribution in [0.4, 0.5) is 5.69 Å². The Bertz CT molecular complexity index is 960. The number of anilines is 1. The van der Waals surface area contributed by atoms with Gasteiger partial charge in [0.15, 0.2) is 5.16 Å². The van der Waals surface area contributed by atoms with E-state index in [4.69, 9.17) is 21.1 Å². The van der Waals surface area contributed by atoms with Gasteiger partial charge in [0.25, 0.3) is 0 Å². The van der Waals surface area contributed by atoms with E-state index in [1.165, 1.54) is 11.8 Å². The molecule has 29 heavy (non-hydrogen) atoms. The minimum atomic E-state index is -0.113. The van der Waals surface area contributed by atoms with Gasteiger partial charge in [-0.1, -0.05) is 41.6 Å². The summed E-state index contributed by atoms with van der Waals surface area (Å²) in [5, 5.41) is 4.32. The zero-order valence-electron chi connectivity index (χ0n) is 16.2. The number of benzene rings is 2. The SMILES string of the molecule is COCCn1c(-c2ccc(Cl)cc2)cnc1SCC(=O)Nc1cccc(OC)c1. The van der Waals surface area contributed by atoms with Gasteiger partial charge in [0, 0.05) is 30.4 Å². The number of imidazole rings is 1. The highest BCUT2D eigenvalue weighted by Gasteiger charge is 2.14. The molecule has 8 heteroatoms. The second-order valence-electron chi connectivity index (χ2n) is 6.15. The van der Waals surface area contributed by atoms with Crippen molar-refractivity contribution in [2.45, 2.75) is 11.7 Å². The Morgan fingerprint density at radius 3 is 2.72 bits per heavy atom. The fourth-order valence-corrected chi connectivity index (χ4v) is 3.68. The van der Waals surface area contributed by atoms with E-state index in [0.717, 1.165) is 16.4 Å². The van der Waals surface area contributed by atoms with Crippen LogP contribution in [0.2, 0.25) is 5.02 Å². The van der Waals surface area contributed by atoms with Crippen LogP contribution in [0, 0.1) is 0 Å². The molecule has 2 aromatic carbocycles. The number of carbonyl (C=O) groups excluding carboxylic acids is 1. The minimum absolute atomic E-state index is 0.113. The van der Waals surface area contributed by atoms with E-state index >= 15 is 0 Å². The molecule has 0 aliphatic heterocycles. The van der Waals surface area contributed by atoms with Gasteiger partial charge in [-0.15, -0.1) is 0 Å². The van der Waals surface area contributed by atoms with Crippen molar-refractivity contribution in [2.75, 3.05) is 31.9 Å². The van der Waals surface area contributed by atoms with Gasteiger partial charge in [0.05, 0.1) is 31.4 Å². The molecular formula is C21H22ClN3O3S. The van der Waals surface area contributed by atoms with Gasteiger partial charge in [0.2, 0.25) is 5.91 Å². The summed E-state index contributed by atoms with van der Waals surface area (Å²) in [6.45, 7) is 1.18. The lowest BCUT2D eigenvalue weighted by molar-refractivity contribution is -0.113. The van der Waals surface area contributed by atoms with Crippen molar-refractivity contribution in [3.63, 3.8) is 0 Å². The number of rotatable bonds is 9. The zero-order valence-corrected chi connectivity index (χ0v) is 17.8. The number of halogens is 1. The quantitative estimate of drug-likeness (QED) is 0.502. The molecule has 0 saturated carbocycles. The Balaban J connectivity index is 1.70. The summed E-state index contributed by atoms with van der Waals surface area (Å²) >= 11 is 7.38. The van der Waals surface area contributed by atoms with Gasteiger partial charge >= 0.3 is 0 Å². The minimum Gasteiger partial charge on any atom is -0.497 e. The van der Waals surface area contributed by atoms with Crippen LogP contribution in [0.1, 0.15) is 0 Å². The lowest BCUT2D eigenvalue weighted by Gasteiger charge is -2.12. The molecule has 1 N–H and O–H groups in total. The molecule has 6 nitrogen and oxygen atoms in total. The van der Waals surface area contributed by atoms with Gasteiger partial charge in [-0.05, 0) is 29.8 Å². The molecule has 0 saturated heterocycles. The monoisotopic (exact) mass is 431 g/mol. The lowest BCUT2D eigenvalue weighted by atomic mass is 10.2. The highest BCUT2D eigenvalue weighted by molar-refractivity contribution is 7.99. The molecule has 0 fully saturated rings. The number of ether oxygens (including phenoxy) is 2. The Labute approximate surface area is 179 Å². The van der Waals surface area contributed by atoms with Crippen molar-refractivity contribution in [1.82, 2.24) is 9.55 Å². The standard InChI is InChI=1S/C21H22ClN3O3S/c1-27-11-10-25-19(15-6-8-16(22)9-7-15)13-23-21(25)29-14-20(26)24-17-4-3-5-18(12-17)28-2/h3-9,12-13H,10-11,14H2,1-2H3,(H,24,26). The summed E-state index contributed by atoms with van der Waals surface area (Å²) in [6, 6.07) is 14.9. The van der Waals surface area contributed by atoms with Gasteiger partial charge in [0.1, 0.15) is 5.75 Å². The van der Waals surface area contributed by atoms with Crippen molar-refractivity contribution in [2.24, 2.45) is 0 Å². The fourth-order valence-electron chi connectivity index (χ4n) is 2.75. The first-order valence-electron chi connectivity index (χ1n) is 8.98. The number of nitrogens with zero attached hydrogens (tertiary/aromatic N) is 2. The molecule has 0 unspecified atom stereocenters. The molecule has 0 aliphatic carbocycles. The Kier molecular flexibility index (Phi) is 7.57. The third kappa shape index (κ3) is 5.76. The van der Waals surface area contributed by atoms with E-state index in [0.29, 0.717) is 29.6 Å². The maximum absolute atomic E-state index is 12.4. The number of amides is 1. The number of hydrogen-bond donors (Lipinski definition) is 1. The van der Waals surface area contributed by atoms with Crippen LogP contribution in [0.25, 0.3) is 11.3 Å². The van der Waals surface area contributed by atoms with Crippen molar-refractivity contribution in [1.29, 1.82) is 0 Å². The van der Waals surface area contributed by atoms with E-state index in [9.17, 15) is 4.79 Å². The normalized spacial score (nSPS) is 10.7. The van der Waals surface area contributed by atoms with E-state index in [1.54, 1.807) is 26.5 Å². The zero-order chi connectivity index (χ0) is 20.6. The van der Waals surface area contributed by atoms with Gasteiger partial charge in [-0.2, -0.15) is 0 Å². The van der Waals surface area contributed by atoms with Gasteiger partial charge in [-0.25, -0.2) is 4.98 Å². The highest BCUT2D eigenvalue weighted by atomic mass is 35.5. The molecule has 0 atom stereocenters. The molecule has 0 bridgehead atoms. The number of carbonyl (C=O) groups is 1. The van der Waals surface area contributed by atoms with Gasteiger partial charge in [-0.3, -0.25) is 4.79 Å². The Morgan fingerprint density at radius 2 is 2.00 bits per heavy atom. The summed E-state index contributed by atoms with van der Waals surface area (Å²) in [5.41, 5.74) is 2.65. The third-order valence-electron chi connectivity index (χ3n) is 4.16. The van der Waals surface area contributed by atoms with Crippen LogP contribution in [-0.4, -0.2) is 42.0 Å². The fraction of sp³-hybridized carbons (Fsp3) is 0.238. The Hall–Kier alpha value is -2.48. The third-order valence-corrected chi connectivity index (χ3v) is 5.41. The molecule has 1 amide bonds. The number of hydrogen-bond acceptors (Lipinski definition) is 5. The molecule has 1 aromatic heterocycles. The second-order valence-corrected chi connectivity index (χ2v) is 7.53. The van der Waals surface area contributed by atoms with E-state index in [1.807, 2.05) is 42.5 Å². The largest absolute Gasteiger partial charge is 0.497 e. The summed E-state index contributed by atoms with van der Waals surface area (Å²) < 4.78 is 12.5. The van der Waals surface area contributed by atoms with Crippen molar-refractivity contribution >= 4 is 35.0 Å². The van der Waals surface area contributed by atoms with Crippen LogP contribution in [-0.2, 0) is 16.1 Å². The first-order valence-corrected chi connectivity index (χ1v) is 10.3. The topological polar surface area (TPSA) is 65.4 Å². The highest BCUT2D eigenvalue weighted by Crippen LogP contribution is 2.27. The lowest BCUT2D eigenvalue weighted by Crippen LogP contribution is -2.15. The van der Waals surface area contributed by atoms with E-state index < -0.39 is 0 Å². The molecule has 3 aromatic rings. The summed E-state index contributed by atoms with van der Waals surface area (Å²) in [6.07, 6.45) is 1.81. The predicted octanol–water partition coefficient (Wildman–Crippen LogP) is 4.59. The number of aromatic nitrogens is 2. The van der Waals surface area contributed by atoms with E-state index in [-0.39, 0.29) is 11.7 Å². The summed E-state index contributed by atoms with van der Waals surface area (Å²) in [7, 11) is 3.25. The predicted molar refractivity (Wildman–Crippen MR) is 117 cm³/mol. The number of nitrogens with one attached hydrogen (secondary N) is 1. The summed E-state index contributed by atoms with van der Waals surface area (Å²) in [4.78, 5) is 16.9. The molecule has 0 aliphatic rings. The van der Waals surface area contributed by atoms with Crippen molar-refractivity contribution in [3.05, 3.63) is 59.8 Å². The van der Waals surface area contributed by atoms with Crippen LogP contribution in [0.5, 0.6) is 5.75 Å². The van der Waals surface area contributed by atoms with Gasteiger partial charge < -0.3 is 19.4 Å². The molecular weight excluding hydrogens is 410 g/mol. The van der Waals surface area contributed by atoms with Crippen LogP contribution in [0.15, 0.2) is 59.9 Å². The Morgan fingerprint density at radius 1 is 1.21 bits per heavy atom. The van der Waals surface area contributed by atoms with Crippen LogP contribution in [0.3, 0.4) is 0 Å². The molecule has 152 valence electrons. The van der Waals surface area contributed by atoms with Crippen LogP contribution >= 0.6 is 23.4 Å². The maximum atomic E-state index is 12.4. The molecule has 0 radical (unpaired) electrons. The number of methoxy groups -OCH3 is 2. The summed E-state index contributed by atoms with van der Waals surface area (Å²) in [5.74, 6) is 0.817. The molecule has 0 spiro atoms. The van der Waals surface area contributed by atoms with Crippen molar-refractivity contribution < 1.29 is 14.3 Å². The smallest absolute Gasteiger partial charge is 0.234 e. The second kappa shape index (κ2) is 10.3. The average Bonchev–Trinajstić information content (AvgIpc) is 3.14. The first-order chi connectivity index (χ1) is 14.1. The maximum Gasteiger partial charge on any atom is 0.234 e. The molecule has 3 rings (SSSR count). The first kappa shape index (κ1) is 21.2. The average molecular weight is 432 g/mol. The van der Waals surface area contributed by atoms with E-state index in [2.05, 4.69) is 14.9 Å². The van der Waals surface area contributed by atoms with Crippen molar-refractivity contribution in [3.8, 4) is 17.0 Å². The number of thioether (sulfide) groups is 1.